The van der Waals surface area contributed by atoms with Gasteiger partial charge in [-0.25, -0.2) is 4.79 Å². The van der Waals surface area contributed by atoms with Crippen molar-refractivity contribution in [1.29, 1.82) is 0 Å². The Bertz CT molecular complexity index is 1680. The van der Waals surface area contributed by atoms with Gasteiger partial charge in [0.1, 0.15) is 0 Å². The molecule has 20 heteroatoms. The van der Waals surface area contributed by atoms with Crippen LogP contribution in [0.2, 0.25) is 0 Å². The predicted octanol–water partition coefficient (Wildman–Crippen LogP) is 3.53. The van der Waals surface area contributed by atoms with Crippen molar-refractivity contribution >= 4 is 135 Å². The number of aryl methyl sites for hydroxylation is 2. The standard InChI is InChI=1S/C13H13NO4.C9H10O2.C4H8O.S12/c1-9-2-4-10(5-3-9)8-13(17)18-14-11(15)6-7-12(14)16;1-7-2-4-8(5-3-7)6-9(10)11;1-2-4-5-3-1;1-3-5-7-9-11-12-10-8-6-4-2/h2-5H,6-8H2,1H3;2-5H,6H2,1H3,(H,10,11);1-4H2;. The van der Waals surface area contributed by atoms with Gasteiger partial charge < -0.3 is 14.7 Å². The lowest BCUT2D eigenvalue weighted by molar-refractivity contribution is -0.197. The van der Waals surface area contributed by atoms with Crippen molar-refractivity contribution in [3.8, 4) is 0 Å². The molecule has 2 amide bonds. The van der Waals surface area contributed by atoms with Crippen LogP contribution in [0.15, 0.2) is 48.5 Å². The van der Waals surface area contributed by atoms with E-state index in [9.17, 15) is 19.2 Å². The lowest BCUT2D eigenvalue weighted by atomic mass is 10.1. The van der Waals surface area contributed by atoms with E-state index in [0.29, 0.717) is 5.06 Å². The molecular formula is C26H31NO7S12. The Morgan fingerprint density at radius 1 is 0.717 bits per heavy atom. The number of rotatable bonds is 5. The average molecular weight is 854 g/mol. The van der Waals surface area contributed by atoms with Crippen LogP contribution in [0.4, 0.5) is 0 Å². The number of carbonyl (C=O) groups is 4. The molecule has 0 spiro atoms. The quantitative estimate of drug-likeness (QED) is 0.453. The highest BCUT2D eigenvalue weighted by atomic mass is 33.4. The number of carbonyl (C=O) groups excluding carboxylic acids is 3. The molecule has 0 aromatic heterocycles. The van der Waals surface area contributed by atoms with E-state index in [-0.39, 0.29) is 25.7 Å². The fourth-order valence-electron chi connectivity index (χ4n) is 3.15. The molecule has 0 saturated carbocycles. The van der Waals surface area contributed by atoms with Crippen LogP contribution in [0.25, 0.3) is 0 Å². The molecule has 0 atom stereocenters. The number of hydrogen-bond donors (Lipinski definition) is 1. The highest BCUT2D eigenvalue weighted by Gasteiger charge is 2.32. The highest BCUT2D eigenvalue weighted by molar-refractivity contribution is 8.75. The van der Waals surface area contributed by atoms with E-state index in [4.69, 9.17) is 14.7 Å². The summed E-state index contributed by atoms with van der Waals surface area (Å²) in [5.41, 5.74) is 3.88. The first-order valence-electron chi connectivity index (χ1n) is 13.0. The van der Waals surface area contributed by atoms with Gasteiger partial charge in [-0.2, -0.15) is 0 Å². The van der Waals surface area contributed by atoms with Crippen molar-refractivity contribution in [2.45, 2.75) is 52.4 Å². The first-order chi connectivity index (χ1) is 22.2. The van der Waals surface area contributed by atoms with Crippen molar-refractivity contribution < 1.29 is 33.9 Å². The molecule has 0 aliphatic carbocycles. The van der Waals surface area contributed by atoms with Gasteiger partial charge in [0.05, 0.1) is 12.8 Å². The van der Waals surface area contributed by atoms with E-state index in [0.717, 1.165) is 35.5 Å². The molecule has 2 aliphatic rings. The molecule has 2 fully saturated rings. The maximum Gasteiger partial charge on any atom is 0.337 e. The number of ether oxygens (including phenoxy) is 1. The SMILES string of the molecule is C1CCOC1.Cc1ccc(CC(=O)O)cc1.Cc1ccc(CC(=O)ON2C(=O)CCC2=O)cc1.S=S=S=S=S=S=S=S=S=S=S=S. The van der Waals surface area contributed by atoms with E-state index >= 15 is 0 Å². The predicted molar refractivity (Wildman–Crippen MR) is 213 cm³/mol. The van der Waals surface area contributed by atoms with Crippen molar-refractivity contribution in [3.63, 3.8) is 0 Å². The highest BCUT2D eigenvalue weighted by Crippen LogP contribution is 2.13. The smallest absolute Gasteiger partial charge is 0.337 e. The number of imide groups is 1. The second-order valence-corrected chi connectivity index (χ2v) is 26.5. The molecule has 2 aliphatic heterocycles. The molecule has 4 rings (SSSR count). The summed E-state index contributed by atoms with van der Waals surface area (Å²) in [5.74, 6) is -2.31. The number of aliphatic carboxylic acids is 1. The van der Waals surface area contributed by atoms with Gasteiger partial charge in [-0.3, -0.25) is 14.4 Å². The minimum absolute atomic E-state index is 0.0390. The van der Waals surface area contributed by atoms with Crippen LogP contribution in [-0.2, 0) is 153 Å². The number of carboxylic acid groups (broad SMARTS) is 1. The summed E-state index contributed by atoms with van der Waals surface area (Å²) in [5, 5.41) is 9.00. The number of hydroxylamine groups is 2. The summed E-state index contributed by atoms with van der Waals surface area (Å²) in [7, 11) is 16.3. The number of carboxylic acids is 1. The van der Waals surface area contributed by atoms with Crippen LogP contribution < -0.4 is 0 Å². The molecule has 0 bridgehead atoms. The van der Waals surface area contributed by atoms with Crippen molar-refractivity contribution in [3.05, 3.63) is 70.8 Å². The largest absolute Gasteiger partial charge is 0.481 e. The Kier molecular flexibility index (Phi) is 26.3. The first kappa shape index (κ1) is 43.1. The minimum atomic E-state index is -0.783. The molecule has 2 saturated heterocycles. The molecule has 0 unspecified atom stereocenters. The molecule has 2 aromatic carbocycles. The number of hydrogen-bond acceptors (Lipinski definition) is 8. The summed E-state index contributed by atoms with van der Waals surface area (Å²) >= 11 is 9.38. The van der Waals surface area contributed by atoms with E-state index < -0.39 is 23.8 Å². The average Bonchev–Trinajstić information content (AvgIpc) is 3.72. The zero-order valence-electron chi connectivity index (χ0n) is 24.5. The van der Waals surface area contributed by atoms with E-state index in [1.54, 1.807) is 71.0 Å². The zero-order valence-corrected chi connectivity index (χ0v) is 34.3. The van der Waals surface area contributed by atoms with Gasteiger partial charge >= 0.3 is 11.9 Å². The fraction of sp³-hybridized carbons (Fsp3) is 0.385. The van der Waals surface area contributed by atoms with Crippen LogP contribution >= 0.6 is 0 Å². The third kappa shape index (κ3) is 22.6. The van der Waals surface area contributed by atoms with E-state index in [1.807, 2.05) is 62.4 Å². The Labute approximate surface area is 307 Å². The summed E-state index contributed by atoms with van der Waals surface area (Å²) in [4.78, 5) is 49.1. The fourth-order valence-corrected chi connectivity index (χ4v) is 25.1. The summed E-state index contributed by atoms with van der Waals surface area (Å²) < 4.78 is 4.94. The van der Waals surface area contributed by atoms with Crippen molar-refractivity contribution in [1.82, 2.24) is 5.06 Å². The molecule has 46 heavy (non-hydrogen) atoms. The lowest BCUT2D eigenvalue weighted by Gasteiger charge is -2.12. The minimum Gasteiger partial charge on any atom is -0.481 e. The molecule has 2 heterocycles. The molecule has 8 nitrogen and oxygen atoms in total. The normalized spacial score (nSPS) is 12.6. The van der Waals surface area contributed by atoms with Crippen LogP contribution in [0, 0.1) is 13.8 Å². The number of amides is 2. The van der Waals surface area contributed by atoms with Crippen LogP contribution in [0.1, 0.15) is 47.9 Å². The van der Waals surface area contributed by atoms with Gasteiger partial charge in [0.15, 0.2) is 0 Å². The maximum atomic E-state index is 11.6. The Balaban J connectivity index is 0.000000331. The molecular weight excluding hydrogens is 823 g/mol. The summed E-state index contributed by atoms with van der Waals surface area (Å²) in [6, 6.07) is 14.9. The van der Waals surface area contributed by atoms with Gasteiger partial charge in [-0.15, -0.1) is 5.06 Å². The first-order valence-corrected chi connectivity index (χ1v) is 27.7. The van der Waals surface area contributed by atoms with Crippen molar-refractivity contribution in [2.24, 2.45) is 0 Å². The summed E-state index contributed by atoms with van der Waals surface area (Å²) in [6.07, 6.45) is 2.92. The third-order valence-corrected chi connectivity index (χ3v) is 25.2. The van der Waals surface area contributed by atoms with E-state index in [2.05, 4.69) is 22.4 Å². The lowest BCUT2D eigenvalue weighted by Crippen LogP contribution is -2.32. The monoisotopic (exact) mass is 853 g/mol. The third-order valence-electron chi connectivity index (χ3n) is 5.22. The van der Waals surface area contributed by atoms with Crippen LogP contribution in [-0.4, -0.2) is 47.1 Å². The molecule has 0 radical (unpaired) electrons. The van der Waals surface area contributed by atoms with Gasteiger partial charge in [0, 0.05) is 137 Å². The van der Waals surface area contributed by atoms with Gasteiger partial charge in [-0.05, 0) is 37.8 Å². The summed E-state index contributed by atoms with van der Waals surface area (Å²) in [6.45, 7) is 5.92. The Morgan fingerprint density at radius 2 is 1.11 bits per heavy atom. The van der Waals surface area contributed by atoms with Crippen LogP contribution in [0.5, 0.6) is 0 Å². The Morgan fingerprint density at radius 3 is 1.46 bits per heavy atom. The maximum absolute atomic E-state index is 11.6. The topological polar surface area (TPSA) is 110 Å². The number of nitrogens with zero attached hydrogens (tertiary/aromatic N) is 1. The number of benzene rings is 2. The van der Waals surface area contributed by atoms with Crippen molar-refractivity contribution in [2.75, 3.05) is 13.2 Å². The Hall–Kier alpha value is -0.880. The molecule has 1 N–H and O–H groups in total. The van der Waals surface area contributed by atoms with Crippen LogP contribution in [0.3, 0.4) is 0 Å². The van der Waals surface area contributed by atoms with Gasteiger partial charge in [-0.1, -0.05) is 59.7 Å². The zero-order chi connectivity index (χ0) is 34.0. The van der Waals surface area contributed by atoms with Gasteiger partial charge in [0.25, 0.3) is 11.8 Å². The second kappa shape index (κ2) is 28.0. The van der Waals surface area contributed by atoms with Gasteiger partial charge in [0.2, 0.25) is 0 Å². The molecule has 2 aromatic rings. The molecule has 254 valence electrons. The van der Waals surface area contributed by atoms with E-state index in [1.165, 1.54) is 30.6 Å². The second-order valence-electron chi connectivity index (χ2n) is 8.76.